The second-order valence-electron chi connectivity index (χ2n) is 4.43. The molecule has 1 amide bonds. The summed E-state index contributed by atoms with van der Waals surface area (Å²) in [6.07, 6.45) is 3.18. The van der Waals surface area contributed by atoms with Gasteiger partial charge in [0, 0.05) is 18.7 Å². The molecule has 17 heavy (non-hydrogen) atoms. The van der Waals surface area contributed by atoms with E-state index in [0.717, 1.165) is 19.5 Å². The van der Waals surface area contributed by atoms with Gasteiger partial charge in [-0.2, -0.15) is 0 Å². The first kappa shape index (κ1) is 11.7. The van der Waals surface area contributed by atoms with Crippen molar-refractivity contribution in [2.45, 2.75) is 12.8 Å². The number of carbonyl (C=O) groups excluding carboxylic acids is 1. The van der Waals surface area contributed by atoms with Gasteiger partial charge in [-0.25, -0.2) is 0 Å². The van der Waals surface area contributed by atoms with E-state index >= 15 is 0 Å². The Bertz CT molecular complexity index is 428. The maximum atomic E-state index is 12.0. The Kier molecular flexibility index (Phi) is 3.47. The zero-order valence-corrected chi connectivity index (χ0v) is 9.80. The summed E-state index contributed by atoms with van der Waals surface area (Å²) in [4.78, 5) is 13.9. The average Bonchev–Trinajstić information content (AvgIpc) is 2.81. The van der Waals surface area contributed by atoms with Gasteiger partial charge in [0.15, 0.2) is 0 Å². The molecule has 1 aliphatic rings. The van der Waals surface area contributed by atoms with E-state index in [1.807, 2.05) is 17.0 Å². The molecule has 1 atom stereocenters. The first-order chi connectivity index (χ1) is 8.20. The molecule has 1 saturated heterocycles. The maximum Gasteiger partial charge on any atom is 0.227 e. The van der Waals surface area contributed by atoms with E-state index in [1.165, 1.54) is 0 Å². The van der Waals surface area contributed by atoms with Gasteiger partial charge in [-0.15, -0.1) is 6.58 Å². The van der Waals surface area contributed by atoms with Gasteiger partial charge in [0.1, 0.15) is 5.75 Å². The molecule has 3 nitrogen and oxygen atoms in total. The molecule has 0 bridgehead atoms. The molecule has 0 saturated carbocycles. The molecular weight excluding hydrogens is 214 g/mol. The third-order valence-corrected chi connectivity index (χ3v) is 3.24. The molecule has 2 rings (SSSR count). The average molecular weight is 231 g/mol. The number of nitrogens with zero attached hydrogens (tertiary/aromatic N) is 1. The maximum absolute atomic E-state index is 12.0. The first-order valence-electron chi connectivity index (χ1n) is 5.88. The lowest BCUT2D eigenvalue weighted by Crippen LogP contribution is -2.29. The van der Waals surface area contributed by atoms with Crippen molar-refractivity contribution in [2.24, 2.45) is 5.92 Å². The third kappa shape index (κ3) is 2.67. The summed E-state index contributed by atoms with van der Waals surface area (Å²) in [6.45, 7) is 5.31. The number of hydrogen-bond donors (Lipinski definition) is 1. The molecule has 1 aliphatic heterocycles. The van der Waals surface area contributed by atoms with Crippen molar-refractivity contribution in [3.05, 3.63) is 42.5 Å². The standard InChI is InChI=1S/C14H17NO2/c1-2-11-7-8-15(10-11)14(17)9-12-5-3-4-6-13(12)16/h2-6,11,16H,1,7-10H2. The number of carbonyl (C=O) groups is 1. The minimum atomic E-state index is 0.0795. The first-order valence-corrected chi connectivity index (χ1v) is 5.88. The highest BCUT2D eigenvalue weighted by Gasteiger charge is 2.24. The van der Waals surface area contributed by atoms with E-state index in [0.29, 0.717) is 11.5 Å². The molecule has 0 aromatic heterocycles. The summed E-state index contributed by atoms with van der Waals surface area (Å²) >= 11 is 0. The Morgan fingerprint density at radius 3 is 2.94 bits per heavy atom. The Labute approximate surface area is 101 Å². The second-order valence-corrected chi connectivity index (χ2v) is 4.43. The van der Waals surface area contributed by atoms with E-state index in [9.17, 15) is 9.90 Å². The van der Waals surface area contributed by atoms with Crippen LogP contribution in [0.1, 0.15) is 12.0 Å². The molecule has 1 unspecified atom stereocenters. The van der Waals surface area contributed by atoms with E-state index in [1.54, 1.807) is 18.2 Å². The van der Waals surface area contributed by atoms with Crippen molar-refractivity contribution in [3.63, 3.8) is 0 Å². The smallest absolute Gasteiger partial charge is 0.227 e. The van der Waals surface area contributed by atoms with Gasteiger partial charge in [0.25, 0.3) is 0 Å². The van der Waals surface area contributed by atoms with Gasteiger partial charge in [0.2, 0.25) is 5.91 Å². The lowest BCUT2D eigenvalue weighted by Gasteiger charge is -2.16. The summed E-state index contributed by atoms with van der Waals surface area (Å²) in [5.74, 6) is 0.694. The van der Waals surface area contributed by atoms with E-state index < -0.39 is 0 Å². The lowest BCUT2D eigenvalue weighted by molar-refractivity contribution is -0.129. The van der Waals surface area contributed by atoms with E-state index in [-0.39, 0.29) is 18.1 Å². The number of aromatic hydroxyl groups is 1. The van der Waals surface area contributed by atoms with Gasteiger partial charge in [-0.05, 0) is 18.4 Å². The number of rotatable bonds is 3. The van der Waals surface area contributed by atoms with Crippen LogP contribution in [0.5, 0.6) is 5.75 Å². The Hall–Kier alpha value is -1.77. The van der Waals surface area contributed by atoms with Crippen molar-refractivity contribution in [2.75, 3.05) is 13.1 Å². The van der Waals surface area contributed by atoms with Crippen LogP contribution in [-0.2, 0) is 11.2 Å². The highest BCUT2D eigenvalue weighted by atomic mass is 16.3. The summed E-state index contributed by atoms with van der Waals surface area (Å²) in [6, 6.07) is 6.99. The van der Waals surface area contributed by atoms with Gasteiger partial charge in [-0.1, -0.05) is 24.3 Å². The predicted molar refractivity (Wildman–Crippen MR) is 66.7 cm³/mol. The fraction of sp³-hybridized carbons (Fsp3) is 0.357. The summed E-state index contributed by atoms with van der Waals surface area (Å²) in [7, 11) is 0. The van der Waals surface area contributed by atoms with Gasteiger partial charge in [-0.3, -0.25) is 4.79 Å². The number of amides is 1. The zero-order valence-electron chi connectivity index (χ0n) is 9.80. The minimum Gasteiger partial charge on any atom is -0.508 e. The molecule has 0 radical (unpaired) electrons. The number of phenols is 1. The van der Waals surface area contributed by atoms with Crippen LogP contribution in [0.3, 0.4) is 0 Å². The topological polar surface area (TPSA) is 40.5 Å². The highest BCUT2D eigenvalue weighted by Crippen LogP contribution is 2.20. The van der Waals surface area contributed by atoms with Crippen molar-refractivity contribution in [3.8, 4) is 5.75 Å². The normalized spacial score (nSPS) is 19.3. The number of likely N-dealkylation sites (tertiary alicyclic amines) is 1. The van der Waals surface area contributed by atoms with Crippen LogP contribution in [0.2, 0.25) is 0 Å². The lowest BCUT2D eigenvalue weighted by atomic mass is 10.1. The minimum absolute atomic E-state index is 0.0795. The van der Waals surface area contributed by atoms with Crippen LogP contribution in [0.25, 0.3) is 0 Å². The Balaban J connectivity index is 1.98. The third-order valence-electron chi connectivity index (χ3n) is 3.24. The molecule has 0 spiro atoms. The number of benzene rings is 1. The molecule has 0 aliphatic carbocycles. The van der Waals surface area contributed by atoms with Crippen molar-refractivity contribution in [1.82, 2.24) is 4.90 Å². The zero-order chi connectivity index (χ0) is 12.3. The predicted octanol–water partition coefficient (Wildman–Crippen LogP) is 1.97. The van der Waals surface area contributed by atoms with Crippen LogP contribution in [0.15, 0.2) is 36.9 Å². The quantitative estimate of drug-likeness (QED) is 0.808. The van der Waals surface area contributed by atoms with Crippen LogP contribution in [0, 0.1) is 5.92 Å². The van der Waals surface area contributed by atoms with Crippen LogP contribution in [-0.4, -0.2) is 29.0 Å². The van der Waals surface area contributed by atoms with Gasteiger partial charge < -0.3 is 10.0 Å². The summed E-state index contributed by atoms with van der Waals surface area (Å²) in [5, 5.41) is 9.61. The van der Waals surface area contributed by atoms with Crippen molar-refractivity contribution < 1.29 is 9.90 Å². The molecule has 1 heterocycles. The van der Waals surface area contributed by atoms with E-state index in [2.05, 4.69) is 6.58 Å². The van der Waals surface area contributed by atoms with Crippen LogP contribution in [0.4, 0.5) is 0 Å². The van der Waals surface area contributed by atoms with Crippen molar-refractivity contribution >= 4 is 5.91 Å². The summed E-state index contributed by atoms with van der Waals surface area (Å²) in [5.41, 5.74) is 0.694. The van der Waals surface area contributed by atoms with E-state index in [4.69, 9.17) is 0 Å². The fourth-order valence-electron chi connectivity index (χ4n) is 2.14. The highest BCUT2D eigenvalue weighted by molar-refractivity contribution is 5.79. The second kappa shape index (κ2) is 5.04. The molecular formula is C14H17NO2. The largest absolute Gasteiger partial charge is 0.508 e. The number of phenolic OH excluding ortho intramolecular Hbond substituents is 1. The Morgan fingerprint density at radius 2 is 2.29 bits per heavy atom. The Morgan fingerprint density at radius 1 is 1.53 bits per heavy atom. The number of hydrogen-bond acceptors (Lipinski definition) is 2. The number of para-hydroxylation sites is 1. The van der Waals surface area contributed by atoms with Crippen LogP contribution < -0.4 is 0 Å². The molecule has 3 heteroatoms. The van der Waals surface area contributed by atoms with Crippen LogP contribution >= 0.6 is 0 Å². The summed E-state index contributed by atoms with van der Waals surface area (Å²) < 4.78 is 0. The SMILES string of the molecule is C=CC1CCN(C(=O)Cc2ccccc2O)C1. The molecule has 90 valence electrons. The molecule has 1 fully saturated rings. The van der Waals surface area contributed by atoms with Gasteiger partial charge >= 0.3 is 0 Å². The molecule has 1 N–H and O–H groups in total. The van der Waals surface area contributed by atoms with Gasteiger partial charge in [0.05, 0.1) is 6.42 Å². The molecule has 1 aromatic carbocycles. The van der Waals surface area contributed by atoms with Crippen molar-refractivity contribution in [1.29, 1.82) is 0 Å². The molecule has 1 aromatic rings. The fourth-order valence-corrected chi connectivity index (χ4v) is 2.14. The monoisotopic (exact) mass is 231 g/mol.